The molecule has 0 aliphatic heterocycles. The zero-order valence-electron chi connectivity index (χ0n) is 24.1. The molecule has 4 heterocycles. The number of nitrogens with zero attached hydrogens (tertiary/aromatic N) is 7. The van der Waals surface area contributed by atoms with E-state index in [1.807, 2.05) is 44.3 Å². The highest BCUT2D eigenvalue weighted by Gasteiger charge is 2.25. The molecular weight excluding hydrogens is 576 g/mol. The van der Waals surface area contributed by atoms with Crippen molar-refractivity contribution in [2.75, 3.05) is 5.73 Å². The number of rotatable bonds is 6. The zero-order valence-corrected chi connectivity index (χ0v) is 24.9. The van der Waals surface area contributed by atoms with Crippen LogP contribution in [0, 0.1) is 11.8 Å². The van der Waals surface area contributed by atoms with Crippen molar-refractivity contribution in [1.82, 2.24) is 39.2 Å². The van der Waals surface area contributed by atoms with Crippen LogP contribution in [0.15, 0.2) is 83.0 Å². The van der Waals surface area contributed by atoms with Gasteiger partial charge >= 0.3 is 0 Å². The lowest BCUT2D eigenvalue weighted by Crippen LogP contribution is -2.33. The maximum atomic E-state index is 14.3. The van der Waals surface area contributed by atoms with Crippen molar-refractivity contribution in [3.8, 4) is 17.5 Å². The highest BCUT2D eigenvalue weighted by molar-refractivity contribution is 7.99. The van der Waals surface area contributed by atoms with Crippen LogP contribution in [0.25, 0.3) is 22.2 Å². The fraction of sp³-hybridized carbons (Fsp3) is 0.161. The molecule has 0 aliphatic carbocycles. The smallest absolute Gasteiger partial charge is 0.267 e. The Kier molecular flexibility index (Phi) is 7.60. The Bertz CT molecular complexity index is 2160. The summed E-state index contributed by atoms with van der Waals surface area (Å²) in [7, 11) is 1.83. The molecule has 1 amide bonds. The molecule has 0 saturated heterocycles. The van der Waals surface area contributed by atoms with Gasteiger partial charge in [-0.15, -0.1) is 5.10 Å². The molecule has 5 N–H and O–H groups in total. The van der Waals surface area contributed by atoms with Crippen molar-refractivity contribution < 1.29 is 4.79 Å². The third-order valence-electron chi connectivity index (χ3n) is 6.84. The zero-order chi connectivity index (χ0) is 31.0. The molecule has 0 saturated carbocycles. The number of nitrogens with two attached hydrogens (primary N) is 2. The van der Waals surface area contributed by atoms with Gasteiger partial charge in [-0.1, -0.05) is 47.9 Å². The van der Waals surface area contributed by atoms with Crippen molar-refractivity contribution in [3.63, 3.8) is 0 Å². The van der Waals surface area contributed by atoms with E-state index in [0.29, 0.717) is 39.2 Å². The summed E-state index contributed by atoms with van der Waals surface area (Å²) >= 11 is 1.46. The van der Waals surface area contributed by atoms with Crippen LogP contribution >= 0.6 is 11.8 Å². The van der Waals surface area contributed by atoms with E-state index in [0.717, 1.165) is 5.03 Å². The van der Waals surface area contributed by atoms with E-state index in [1.54, 1.807) is 54.5 Å². The monoisotopic (exact) mass is 604 g/mol. The van der Waals surface area contributed by atoms with Gasteiger partial charge in [-0.05, 0) is 44.2 Å². The van der Waals surface area contributed by atoms with Gasteiger partial charge in [-0.25, -0.2) is 14.5 Å². The number of hydrogen-bond acceptors (Lipinski definition) is 9. The fourth-order valence-electron chi connectivity index (χ4n) is 4.89. The van der Waals surface area contributed by atoms with Gasteiger partial charge in [-0.2, -0.15) is 5.10 Å². The minimum Gasteiger partial charge on any atom is -0.381 e. The summed E-state index contributed by atoms with van der Waals surface area (Å²) in [6.07, 6.45) is 4.89. The van der Waals surface area contributed by atoms with Crippen LogP contribution in [-0.2, 0) is 7.05 Å². The van der Waals surface area contributed by atoms with Crippen LogP contribution in [0.5, 0.6) is 0 Å². The fourth-order valence-corrected chi connectivity index (χ4v) is 5.67. The number of nitrogens with one attached hydrogen (secondary N) is 1. The van der Waals surface area contributed by atoms with Gasteiger partial charge in [0.2, 0.25) is 0 Å². The van der Waals surface area contributed by atoms with Gasteiger partial charge < -0.3 is 16.8 Å². The van der Waals surface area contributed by atoms with Gasteiger partial charge in [0.1, 0.15) is 16.4 Å². The average Bonchev–Trinajstić information content (AvgIpc) is 3.53. The molecule has 0 bridgehead atoms. The summed E-state index contributed by atoms with van der Waals surface area (Å²) in [6, 6.07) is 15.5. The number of carbonyl (C=O) groups is 1. The molecule has 0 radical (unpaired) electrons. The predicted octanol–water partition coefficient (Wildman–Crippen LogP) is 3.03. The molecule has 4 aromatic heterocycles. The van der Waals surface area contributed by atoms with Crippen LogP contribution < -0.4 is 22.3 Å². The van der Waals surface area contributed by atoms with Crippen LogP contribution in [0.1, 0.15) is 47.2 Å². The first-order valence-electron chi connectivity index (χ1n) is 13.7. The SMILES string of the molecule is CC(N)Sc1c(C#Cc2cccc3nc(C(C)NC(=O)c4c(N)nn5cccnc45)n(-c4ccccc4)c(=O)c23)cnn1C. The summed E-state index contributed by atoms with van der Waals surface area (Å²) < 4.78 is 4.66. The number of para-hydroxylation sites is 1. The van der Waals surface area contributed by atoms with E-state index in [1.165, 1.54) is 20.8 Å². The molecule has 12 nitrogen and oxygen atoms in total. The van der Waals surface area contributed by atoms with E-state index >= 15 is 0 Å². The minimum atomic E-state index is -0.708. The van der Waals surface area contributed by atoms with E-state index in [-0.39, 0.29) is 22.3 Å². The highest BCUT2D eigenvalue weighted by atomic mass is 32.2. The maximum absolute atomic E-state index is 14.3. The van der Waals surface area contributed by atoms with Crippen LogP contribution in [0.2, 0.25) is 0 Å². The Labute approximate surface area is 256 Å². The van der Waals surface area contributed by atoms with Gasteiger partial charge in [-0.3, -0.25) is 18.8 Å². The number of aryl methyl sites for hydroxylation is 1. The van der Waals surface area contributed by atoms with Gasteiger partial charge in [0, 0.05) is 25.0 Å². The summed E-state index contributed by atoms with van der Waals surface area (Å²) in [5.41, 5.74) is 14.5. The Hall–Kier alpha value is -5.45. The maximum Gasteiger partial charge on any atom is 0.267 e. The number of fused-ring (bicyclic) bond motifs is 2. The number of hydrogen-bond donors (Lipinski definition) is 3. The van der Waals surface area contributed by atoms with Crippen molar-refractivity contribution in [2.45, 2.75) is 30.3 Å². The van der Waals surface area contributed by atoms with Crippen molar-refractivity contribution in [1.29, 1.82) is 0 Å². The quantitative estimate of drug-likeness (QED) is 0.147. The van der Waals surface area contributed by atoms with Crippen molar-refractivity contribution in [3.05, 3.63) is 106 Å². The number of carbonyl (C=O) groups excluding carboxylic acids is 1. The molecule has 220 valence electrons. The third-order valence-corrected chi connectivity index (χ3v) is 7.92. The largest absolute Gasteiger partial charge is 0.381 e. The standard InChI is InChI=1S/C31H28N10O2S/c1-18(36-29(42)25-26(33)38-40-16-8-15-34-28(25)40)27-37-23-12-7-9-20(13-14-21-17-35-39(3)31(21)44-19(2)32)24(23)30(43)41(27)22-10-5-4-6-11-22/h4-12,15-19H,32H2,1-3H3,(H2,33,38)(H,36,42). The first-order chi connectivity index (χ1) is 21.2. The topological polar surface area (TPSA) is 164 Å². The molecule has 0 fully saturated rings. The number of anilines is 1. The molecule has 0 spiro atoms. The minimum absolute atomic E-state index is 0.0413. The number of aromatic nitrogens is 7. The summed E-state index contributed by atoms with van der Waals surface area (Å²) in [5, 5.41) is 12.5. The number of thioether (sulfide) groups is 1. The lowest BCUT2D eigenvalue weighted by atomic mass is 10.1. The first-order valence-corrected chi connectivity index (χ1v) is 14.6. The lowest BCUT2D eigenvalue weighted by Gasteiger charge is -2.20. The first kappa shape index (κ1) is 28.7. The second kappa shape index (κ2) is 11.7. The Morgan fingerprint density at radius 3 is 2.59 bits per heavy atom. The summed E-state index contributed by atoms with van der Waals surface area (Å²) in [4.78, 5) is 36.9. The highest BCUT2D eigenvalue weighted by Crippen LogP contribution is 2.25. The van der Waals surface area contributed by atoms with Crippen LogP contribution in [-0.4, -0.2) is 45.2 Å². The molecule has 2 atom stereocenters. The van der Waals surface area contributed by atoms with E-state index in [2.05, 4.69) is 32.3 Å². The molecule has 44 heavy (non-hydrogen) atoms. The molecule has 2 unspecified atom stereocenters. The van der Waals surface area contributed by atoms with Gasteiger partial charge in [0.05, 0.1) is 39.8 Å². The summed E-state index contributed by atoms with van der Waals surface area (Å²) in [5.74, 6) is 6.21. The van der Waals surface area contributed by atoms with Crippen LogP contribution in [0.3, 0.4) is 0 Å². The lowest BCUT2D eigenvalue weighted by molar-refractivity contribution is 0.0940. The van der Waals surface area contributed by atoms with E-state index in [9.17, 15) is 9.59 Å². The second-order valence-corrected chi connectivity index (χ2v) is 11.4. The number of nitrogen functional groups attached to an aromatic ring is 1. The second-order valence-electron chi connectivity index (χ2n) is 10.0. The molecular formula is C31H28N10O2S. The molecule has 2 aromatic carbocycles. The van der Waals surface area contributed by atoms with Crippen molar-refractivity contribution >= 4 is 40.0 Å². The van der Waals surface area contributed by atoms with Crippen molar-refractivity contribution in [2.24, 2.45) is 12.8 Å². The van der Waals surface area contributed by atoms with E-state index < -0.39 is 11.9 Å². The Morgan fingerprint density at radius 1 is 1.05 bits per heavy atom. The Balaban J connectivity index is 1.46. The predicted molar refractivity (Wildman–Crippen MR) is 169 cm³/mol. The normalized spacial score (nSPS) is 12.5. The average molecular weight is 605 g/mol. The molecule has 13 heteroatoms. The molecule has 0 aliphatic rings. The Morgan fingerprint density at radius 2 is 1.82 bits per heavy atom. The molecule has 6 rings (SSSR count). The number of amides is 1. The third kappa shape index (κ3) is 5.28. The van der Waals surface area contributed by atoms with Crippen LogP contribution in [0.4, 0.5) is 5.82 Å². The summed E-state index contributed by atoms with van der Waals surface area (Å²) in [6.45, 7) is 3.64. The molecule has 6 aromatic rings. The van der Waals surface area contributed by atoms with Gasteiger partial charge in [0.15, 0.2) is 11.5 Å². The van der Waals surface area contributed by atoms with Gasteiger partial charge in [0.25, 0.3) is 11.5 Å². The number of benzene rings is 2. The van der Waals surface area contributed by atoms with E-state index in [4.69, 9.17) is 16.5 Å².